The number of amides is 3. The third-order valence-corrected chi connectivity index (χ3v) is 6.20. The molecule has 3 atom stereocenters. The molecule has 2 aliphatic rings. The number of rotatable bonds is 6. The van der Waals surface area contributed by atoms with Crippen molar-refractivity contribution in [3.63, 3.8) is 0 Å². The minimum Gasteiger partial charge on any atom is -0.483 e. The van der Waals surface area contributed by atoms with Gasteiger partial charge in [0, 0.05) is 12.6 Å². The summed E-state index contributed by atoms with van der Waals surface area (Å²) < 4.78 is 6.36. The molecule has 7 heteroatoms. The van der Waals surface area contributed by atoms with Crippen LogP contribution in [0.3, 0.4) is 0 Å². The first-order chi connectivity index (χ1) is 18.9. The zero-order valence-electron chi connectivity index (χ0n) is 22.0. The normalized spacial score (nSPS) is 20.5. The first kappa shape index (κ1) is 27.4. The van der Waals surface area contributed by atoms with E-state index in [1.807, 2.05) is 86.6 Å². The maximum absolute atomic E-state index is 13.9. The number of fused-ring (bicyclic) bond motifs is 10. The largest absolute Gasteiger partial charge is 0.483 e. The lowest BCUT2D eigenvalue weighted by molar-refractivity contribution is -0.133. The van der Waals surface area contributed by atoms with Crippen molar-refractivity contribution in [3.05, 3.63) is 120 Å². The van der Waals surface area contributed by atoms with E-state index in [0.29, 0.717) is 11.3 Å². The second-order valence-electron chi connectivity index (χ2n) is 9.70. The van der Waals surface area contributed by atoms with Crippen molar-refractivity contribution in [2.24, 2.45) is 5.92 Å². The lowest BCUT2D eigenvalue weighted by atomic mass is 9.99. The summed E-state index contributed by atoms with van der Waals surface area (Å²) >= 11 is 0. The van der Waals surface area contributed by atoms with E-state index in [1.54, 1.807) is 30.5 Å². The Kier molecular flexibility index (Phi) is 9.29. The molecule has 0 saturated heterocycles. The third-order valence-electron chi connectivity index (χ3n) is 6.20. The fourth-order valence-electron chi connectivity index (χ4n) is 4.18. The SMILES string of the molecule is CC(C)/C=C/C(=O)N[C@H]1C(=O)N[C@@H](Cc2ccccc2)C(=O)N/C=C\c2ccc(cc2)O[C@H]1c1ccccc1. The highest BCUT2D eigenvalue weighted by Crippen LogP contribution is 2.26. The van der Waals surface area contributed by atoms with Crippen molar-refractivity contribution in [2.45, 2.75) is 38.5 Å². The second-order valence-corrected chi connectivity index (χ2v) is 9.70. The molecule has 3 amide bonds. The fraction of sp³-hybridized carbons (Fsp3) is 0.219. The van der Waals surface area contributed by atoms with Crippen LogP contribution in [0.1, 0.15) is 36.6 Å². The topological polar surface area (TPSA) is 96.5 Å². The van der Waals surface area contributed by atoms with Crippen molar-refractivity contribution in [2.75, 3.05) is 0 Å². The molecule has 0 aromatic heterocycles. The van der Waals surface area contributed by atoms with Crippen molar-refractivity contribution >= 4 is 23.8 Å². The Balaban J connectivity index is 1.76. The zero-order chi connectivity index (χ0) is 27.6. The van der Waals surface area contributed by atoms with Crippen LogP contribution in [-0.2, 0) is 20.8 Å². The van der Waals surface area contributed by atoms with Crippen LogP contribution in [0.15, 0.2) is 103 Å². The highest BCUT2D eigenvalue weighted by atomic mass is 16.5. The molecule has 0 radical (unpaired) electrons. The molecule has 0 unspecified atom stereocenters. The minimum atomic E-state index is -1.14. The number of allylic oxidation sites excluding steroid dienone is 1. The van der Waals surface area contributed by atoms with Gasteiger partial charge in [-0.05, 0) is 46.9 Å². The third kappa shape index (κ3) is 7.92. The lowest BCUT2D eigenvalue weighted by Gasteiger charge is -2.30. The number of hydrogen-bond acceptors (Lipinski definition) is 4. The molecule has 0 fully saturated rings. The summed E-state index contributed by atoms with van der Waals surface area (Å²) in [6, 6.07) is 23.9. The Morgan fingerprint density at radius 1 is 0.923 bits per heavy atom. The maximum Gasteiger partial charge on any atom is 0.247 e. The summed E-state index contributed by atoms with van der Waals surface area (Å²) in [6.45, 7) is 3.91. The predicted molar refractivity (Wildman–Crippen MR) is 151 cm³/mol. The van der Waals surface area contributed by atoms with Crippen LogP contribution in [-0.4, -0.2) is 29.8 Å². The van der Waals surface area contributed by atoms with Gasteiger partial charge in [-0.15, -0.1) is 0 Å². The van der Waals surface area contributed by atoms with Gasteiger partial charge in [0.2, 0.25) is 17.7 Å². The van der Waals surface area contributed by atoms with Gasteiger partial charge in [0.05, 0.1) is 0 Å². The van der Waals surface area contributed by atoms with Gasteiger partial charge in [-0.2, -0.15) is 0 Å². The number of carbonyl (C=O) groups is 3. The minimum absolute atomic E-state index is 0.153. The number of hydrogen-bond donors (Lipinski definition) is 3. The molecule has 2 bridgehead atoms. The molecule has 0 aliphatic carbocycles. The molecule has 2 aliphatic heterocycles. The number of carbonyl (C=O) groups excluding carboxylic acids is 3. The van der Waals surface area contributed by atoms with Gasteiger partial charge < -0.3 is 20.7 Å². The molecule has 3 aromatic carbocycles. The van der Waals surface area contributed by atoms with E-state index in [1.165, 1.54) is 6.08 Å². The molecule has 200 valence electrons. The van der Waals surface area contributed by atoms with Gasteiger partial charge in [-0.1, -0.05) is 92.7 Å². The van der Waals surface area contributed by atoms with Crippen molar-refractivity contribution in [3.8, 4) is 5.75 Å². The quantitative estimate of drug-likeness (QED) is 0.419. The molecule has 3 N–H and O–H groups in total. The summed E-state index contributed by atoms with van der Waals surface area (Å²) in [5, 5.41) is 8.49. The first-order valence-corrected chi connectivity index (χ1v) is 13.0. The summed E-state index contributed by atoms with van der Waals surface area (Å²) in [6.07, 6.45) is 5.90. The lowest BCUT2D eigenvalue weighted by Crippen LogP contribution is -2.56. The van der Waals surface area contributed by atoms with Gasteiger partial charge >= 0.3 is 0 Å². The molecule has 39 heavy (non-hydrogen) atoms. The number of ether oxygens (including phenoxy) is 1. The molecule has 7 nitrogen and oxygen atoms in total. The molecular formula is C32H33N3O4. The van der Waals surface area contributed by atoms with Crippen LogP contribution >= 0.6 is 0 Å². The Bertz CT molecular complexity index is 1320. The van der Waals surface area contributed by atoms with Crippen molar-refractivity contribution < 1.29 is 19.1 Å². The Morgan fingerprint density at radius 3 is 2.26 bits per heavy atom. The van der Waals surface area contributed by atoms with Crippen LogP contribution in [0, 0.1) is 5.92 Å². The van der Waals surface area contributed by atoms with Gasteiger partial charge in [-0.3, -0.25) is 14.4 Å². The van der Waals surface area contributed by atoms with Crippen LogP contribution in [0.2, 0.25) is 0 Å². The average molecular weight is 524 g/mol. The van der Waals surface area contributed by atoms with Crippen LogP contribution in [0.5, 0.6) is 5.75 Å². The molecule has 0 spiro atoms. The summed E-state index contributed by atoms with van der Waals surface area (Å²) in [5.41, 5.74) is 2.45. The zero-order valence-corrected chi connectivity index (χ0v) is 22.0. The molecule has 5 rings (SSSR count). The number of benzene rings is 3. The van der Waals surface area contributed by atoms with Crippen LogP contribution in [0.25, 0.3) is 6.08 Å². The van der Waals surface area contributed by atoms with E-state index >= 15 is 0 Å². The average Bonchev–Trinajstić information content (AvgIpc) is 2.94. The van der Waals surface area contributed by atoms with Crippen molar-refractivity contribution in [1.29, 1.82) is 0 Å². The van der Waals surface area contributed by atoms with E-state index < -0.39 is 30.0 Å². The van der Waals surface area contributed by atoms with E-state index in [9.17, 15) is 14.4 Å². The maximum atomic E-state index is 13.9. The van der Waals surface area contributed by atoms with Crippen LogP contribution < -0.4 is 20.7 Å². The monoisotopic (exact) mass is 523 g/mol. The molecule has 3 aromatic rings. The van der Waals surface area contributed by atoms with E-state index in [4.69, 9.17) is 4.74 Å². The summed E-state index contributed by atoms with van der Waals surface area (Å²) in [5.74, 6) is -0.659. The summed E-state index contributed by atoms with van der Waals surface area (Å²) in [4.78, 5) is 40.1. The predicted octanol–water partition coefficient (Wildman–Crippen LogP) is 4.33. The fourth-order valence-corrected chi connectivity index (χ4v) is 4.18. The van der Waals surface area contributed by atoms with Gasteiger partial charge in [0.15, 0.2) is 6.10 Å². The molecular weight excluding hydrogens is 490 g/mol. The van der Waals surface area contributed by atoms with Gasteiger partial charge in [0.1, 0.15) is 17.8 Å². The number of nitrogens with one attached hydrogen (secondary N) is 3. The first-order valence-electron chi connectivity index (χ1n) is 13.0. The summed E-state index contributed by atoms with van der Waals surface area (Å²) in [7, 11) is 0. The second kappa shape index (κ2) is 13.2. The highest BCUT2D eigenvalue weighted by molar-refractivity contribution is 5.95. The van der Waals surface area contributed by atoms with Gasteiger partial charge in [-0.25, -0.2) is 0 Å². The van der Waals surface area contributed by atoms with Gasteiger partial charge in [0.25, 0.3) is 0 Å². The molecule has 2 heterocycles. The standard InChI is InChI=1S/C32H33N3O4/c1-22(2)13-18-28(36)35-29-30(25-11-7-4-8-12-25)39-26-16-14-23(15-17-26)19-20-33-31(37)27(34-32(29)38)21-24-9-5-3-6-10-24/h3-20,22,27,29-30H,21H2,1-2H3,(H,33,37)(H,34,38)(H,35,36)/b18-13+,20-19-/t27-,29+,30-/m0/s1. The van der Waals surface area contributed by atoms with Crippen LogP contribution in [0.4, 0.5) is 0 Å². The Morgan fingerprint density at radius 2 is 1.59 bits per heavy atom. The molecule has 0 saturated carbocycles. The van der Waals surface area contributed by atoms with E-state index in [-0.39, 0.29) is 18.2 Å². The smallest absolute Gasteiger partial charge is 0.247 e. The van der Waals surface area contributed by atoms with E-state index in [2.05, 4.69) is 16.0 Å². The van der Waals surface area contributed by atoms with Crippen molar-refractivity contribution in [1.82, 2.24) is 16.0 Å². The highest BCUT2D eigenvalue weighted by Gasteiger charge is 2.35. The Labute approximate surface area is 229 Å². The Hall–Kier alpha value is -4.65. The van der Waals surface area contributed by atoms with E-state index in [0.717, 1.165) is 11.1 Å².